The Hall–Kier alpha value is -2.68. The summed E-state index contributed by atoms with van der Waals surface area (Å²) >= 11 is 0. The van der Waals surface area contributed by atoms with Crippen molar-refractivity contribution in [3.8, 4) is 16.9 Å². The van der Waals surface area contributed by atoms with Crippen LogP contribution < -0.4 is 5.56 Å². The highest BCUT2D eigenvalue weighted by atomic mass is 16.1. The van der Waals surface area contributed by atoms with Crippen LogP contribution in [0.1, 0.15) is 55.2 Å². The van der Waals surface area contributed by atoms with E-state index in [0.29, 0.717) is 0 Å². The molecule has 1 spiro atoms. The largest absolute Gasteiger partial charge is 0.269 e. The smallest absolute Gasteiger partial charge is 0.262 e. The first kappa shape index (κ1) is 17.4. The van der Waals surface area contributed by atoms with Gasteiger partial charge in [-0.15, -0.1) is 0 Å². The molecule has 0 N–H and O–H groups in total. The molecular weight excluding hydrogens is 344 g/mol. The number of aromatic nitrogens is 2. The highest BCUT2D eigenvalue weighted by Gasteiger charge is 2.42. The molecule has 0 radical (unpaired) electrons. The van der Waals surface area contributed by atoms with Crippen molar-refractivity contribution in [1.29, 1.82) is 0 Å². The van der Waals surface area contributed by atoms with Gasteiger partial charge in [-0.3, -0.25) is 9.36 Å². The minimum absolute atomic E-state index is 0.0723. The quantitative estimate of drug-likeness (QED) is 0.578. The summed E-state index contributed by atoms with van der Waals surface area (Å²) in [6.07, 6.45) is 9.79. The third-order valence-electron chi connectivity index (χ3n) is 6.64. The van der Waals surface area contributed by atoms with Crippen molar-refractivity contribution in [1.82, 2.24) is 9.55 Å². The summed E-state index contributed by atoms with van der Waals surface area (Å²) in [6.45, 7) is 2.06. The molecule has 0 atom stereocenters. The lowest BCUT2D eigenvalue weighted by Gasteiger charge is -2.38. The first-order valence-electron chi connectivity index (χ1n) is 10.5. The molecule has 0 unspecified atom stereocenters. The summed E-state index contributed by atoms with van der Waals surface area (Å²) in [7, 11) is 0. The van der Waals surface area contributed by atoms with Gasteiger partial charge in [-0.05, 0) is 49.4 Å². The molecule has 2 aromatic carbocycles. The number of rotatable bonds is 1. The number of nitrogens with zero attached hydrogens (tertiary/aromatic N) is 2. The van der Waals surface area contributed by atoms with Crippen LogP contribution in [-0.4, -0.2) is 9.55 Å². The lowest BCUT2D eigenvalue weighted by Crippen LogP contribution is -2.40. The number of aryl methyl sites for hydroxylation is 1. The Morgan fingerprint density at radius 3 is 2.54 bits per heavy atom. The van der Waals surface area contributed by atoms with E-state index in [1.54, 1.807) is 10.9 Å². The minimum Gasteiger partial charge on any atom is -0.269 e. The van der Waals surface area contributed by atoms with E-state index in [-0.39, 0.29) is 11.0 Å². The van der Waals surface area contributed by atoms with Crippen LogP contribution in [-0.2, 0) is 11.8 Å². The third kappa shape index (κ3) is 2.72. The highest BCUT2D eigenvalue weighted by molar-refractivity contribution is 5.71. The Kier molecular flexibility index (Phi) is 4.19. The van der Waals surface area contributed by atoms with Gasteiger partial charge >= 0.3 is 0 Å². The van der Waals surface area contributed by atoms with Crippen molar-refractivity contribution in [3.63, 3.8) is 0 Å². The van der Waals surface area contributed by atoms with Gasteiger partial charge in [0.15, 0.2) is 0 Å². The van der Waals surface area contributed by atoms with Crippen molar-refractivity contribution in [2.75, 3.05) is 0 Å². The zero-order chi connectivity index (χ0) is 19.1. The molecule has 0 aliphatic heterocycles. The van der Waals surface area contributed by atoms with Crippen molar-refractivity contribution in [3.05, 3.63) is 81.9 Å². The van der Waals surface area contributed by atoms with E-state index in [1.807, 2.05) is 12.1 Å². The second-order valence-electron chi connectivity index (χ2n) is 8.51. The summed E-state index contributed by atoms with van der Waals surface area (Å²) in [4.78, 5) is 18.7. The molecule has 5 rings (SSSR count). The van der Waals surface area contributed by atoms with Gasteiger partial charge in [-0.25, -0.2) is 4.98 Å². The average molecular weight is 370 g/mol. The van der Waals surface area contributed by atoms with Crippen LogP contribution in [0, 0.1) is 6.92 Å². The van der Waals surface area contributed by atoms with Gasteiger partial charge < -0.3 is 0 Å². The fraction of sp³-hybridized carbons (Fsp3) is 0.360. The zero-order valence-electron chi connectivity index (χ0n) is 16.4. The molecular formula is C25H26N2O. The van der Waals surface area contributed by atoms with Crippen molar-refractivity contribution >= 4 is 0 Å². The van der Waals surface area contributed by atoms with Crippen LogP contribution in [0.25, 0.3) is 16.9 Å². The predicted molar refractivity (Wildman–Crippen MR) is 113 cm³/mol. The predicted octanol–water partition coefficient (Wildman–Crippen LogP) is 5.36. The topological polar surface area (TPSA) is 34.9 Å². The van der Waals surface area contributed by atoms with Gasteiger partial charge in [-0.1, -0.05) is 62.1 Å². The lowest BCUT2D eigenvalue weighted by molar-refractivity contribution is 0.358. The molecule has 0 bridgehead atoms. The standard InChI is InChI=1S/C25H26N2O/c1-18-9-8-11-20(15-18)27-17-26-23-21-12-5-4-10-19(21)16-25(22(23)24(27)28)13-6-2-3-7-14-25/h4-5,8-12,15,17H,2-3,6-7,13-14,16H2,1H3. The molecule has 3 nitrogen and oxygen atoms in total. The molecule has 1 fully saturated rings. The maximum Gasteiger partial charge on any atom is 0.262 e. The van der Waals surface area contributed by atoms with Crippen molar-refractivity contribution in [2.45, 2.75) is 57.3 Å². The number of fused-ring (bicyclic) bond motifs is 4. The van der Waals surface area contributed by atoms with Gasteiger partial charge in [0.05, 0.1) is 16.9 Å². The molecule has 2 aliphatic rings. The van der Waals surface area contributed by atoms with E-state index in [0.717, 1.165) is 47.3 Å². The van der Waals surface area contributed by atoms with Crippen LogP contribution in [0.5, 0.6) is 0 Å². The van der Waals surface area contributed by atoms with E-state index >= 15 is 0 Å². The Bertz CT molecular complexity index is 1090. The molecule has 1 saturated carbocycles. The summed E-state index contributed by atoms with van der Waals surface area (Å²) in [5.41, 5.74) is 6.45. The zero-order valence-corrected chi connectivity index (χ0v) is 16.4. The van der Waals surface area contributed by atoms with E-state index in [1.165, 1.54) is 31.2 Å². The number of hydrogen-bond acceptors (Lipinski definition) is 2. The third-order valence-corrected chi connectivity index (χ3v) is 6.64. The van der Waals surface area contributed by atoms with Gasteiger partial charge in [0, 0.05) is 11.0 Å². The van der Waals surface area contributed by atoms with E-state index < -0.39 is 0 Å². The van der Waals surface area contributed by atoms with Crippen LogP contribution in [0.15, 0.2) is 59.7 Å². The molecule has 2 aliphatic carbocycles. The Morgan fingerprint density at radius 2 is 1.75 bits per heavy atom. The van der Waals surface area contributed by atoms with Gasteiger partial charge in [-0.2, -0.15) is 0 Å². The minimum atomic E-state index is -0.0723. The molecule has 1 heterocycles. The van der Waals surface area contributed by atoms with Crippen molar-refractivity contribution in [2.24, 2.45) is 0 Å². The summed E-state index contributed by atoms with van der Waals surface area (Å²) < 4.78 is 1.76. The van der Waals surface area contributed by atoms with Crippen molar-refractivity contribution < 1.29 is 0 Å². The van der Waals surface area contributed by atoms with Crippen LogP contribution in [0.3, 0.4) is 0 Å². The Labute approximate surface area is 166 Å². The van der Waals surface area contributed by atoms with E-state index in [9.17, 15) is 4.79 Å². The summed E-state index contributed by atoms with van der Waals surface area (Å²) in [5.74, 6) is 0. The molecule has 142 valence electrons. The summed E-state index contributed by atoms with van der Waals surface area (Å²) in [6, 6.07) is 16.6. The SMILES string of the molecule is Cc1cccc(-n2cnc3c(c2=O)C2(CCCCCC2)Cc2ccccc2-3)c1. The first-order valence-corrected chi connectivity index (χ1v) is 10.5. The highest BCUT2D eigenvalue weighted by Crippen LogP contribution is 2.47. The average Bonchev–Trinajstić information content (AvgIpc) is 2.94. The Morgan fingerprint density at radius 1 is 0.964 bits per heavy atom. The fourth-order valence-corrected chi connectivity index (χ4v) is 5.29. The first-order chi connectivity index (χ1) is 13.7. The van der Waals surface area contributed by atoms with Crippen LogP contribution in [0.4, 0.5) is 0 Å². The molecule has 0 amide bonds. The Balaban J connectivity index is 1.78. The number of hydrogen-bond donors (Lipinski definition) is 0. The van der Waals surface area contributed by atoms with Crippen LogP contribution in [0.2, 0.25) is 0 Å². The van der Waals surface area contributed by atoms with Gasteiger partial charge in [0.25, 0.3) is 5.56 Å². The van der Waals surface area contributed by atoms with E-state index in [4.69, 9.17) is 4.98 Å². The molecule has 3 aromatic rings. The van der Waals surface area contributed by atoms with E-state index in [2.05, 4.69) is 43.3 Å². The monoisotopic (exact) mass is 370 g/mol. The maximum absolute atomic E-state index is 13.8. The van der Waals surface area contributed by atoms with Gasteiger partial charge in [0.1, 0.15) is 6.33 Å². The molecule has 0 saturated heterocycles. The molecule has 3 heteroatoms. The van der Waals surface area contributed by atoms with Gasteiger partial charge in [0.2, 0.25) is 0 Å². The second kappa shape index (κ2) is 6.73. The molecule has 28 heavy (non-hydrogen) atoms. The van der Waals surface area contributed by atoms with Crippen LogP contribution >= 0.6 is 0 Å². The second-order valence-corrected chi connectivity index (χ2v) is 8.51. The lowest BCUT2D eigenvalue weighted by atomic mass is 9.65. The normalized spacial score (nSPS) is 17.6. The number of benzene rings is 2. The fourth-order valence-electron chi connectivity index (χ4n) is 5.29. The molecule has 1 aromatic heterocycles. The maximum atomic E-state index is 13.8. The summed E-state index contributed by atoms with van der Waals surface area (Å²) in [5, 5.41) is 0.